The molecule has 2 amide bonds. The topological polar surface area (TPSA) is 61.4 Å². The Kier molecular flexibility index (Phi) is 7.72. The van der Waals surface area contributed by atoms with Gasteiger partial charge in [-0.1, -0.05) is 12.8 Å². The highest BCUT2D eigenvalue weighted by atomic mass is 35.5. The fraction of sp³-hybridized carbons (Fsp3) is 0.579. The number of carbonyl (C=O) groups excluding carboxylic acids is 2. The van der Waals surface area contributed by atoms with Crippen LogP contribution in [0.4, 0.5) is 5.69 Å². The minimum Gasteiger partial charge on any atom is -0.339 e. The van der Waals surface area contributed by atoms with Crippen LogP contribution in [0.5, 0.6) is 0 Å². The summed E-state index contributed by atoms with van der Waals surface area (Å²) in [6, 6.07) is 7.32. The second-order valence-electron chi connectivity index (χ2n) is 6.80. The molecular weight excluding hydrogens is 338 g/mol. The molecule has 0 aliphatic carbocycles. The molecule has 2 heterocycles. The number of halogens is 1. The van der Waals surface area contributed by atoms with Crippen LogP contribution >= 0.6 is 12.4 Å². The van der Waals surface area contributed by atoms with Crippen molar-refractivity contribution in [2.24, 2.45) is 5.92 Å². The maximum atomic E-state index is 12.6. The summed E-state index contributed by atoms with van der Waals surface area (Å²) in [7, 11) is 0. The predicted octanol–water partition coefficient (Wildman–Crippen LogP) is 3.06. The third-order valence-corrected chi connectivity index (χ3v) is 5.00. The van der Waals surface area contributed by atoms with Crippen LogP contribution in [0, 0.1) is 5.92 Å². The molecule has 0 radical (unpaired) electrons. The number of hydrogen-bond donors (Lipinski definition) is 2. The van der Waals surface area contributed by atoms with Gasteiger partial charge >= 0.3 is 0 Å². The number of hydrogen-bond acceptors (Lipinski definition) is 3. The van der Waals surface area contributed by atoms with Crippen LogP contribution in [0.25, 0.3) is 0 Å². The Morgan fingerprint density at radius 3 is 2.16 bits per heavy atom. The van der Waals surface area contributed by atoms with Crippen molar-refractivity contribution in [3.8, 4) is 0 Å². The molecule has 0 unspecified atom stereocenters. The van der Waals surface area contributed by atoms with E-state index in [1.165, 1.54) is 12.8 Å². The van der Waals surface area contributed by atoms with Gasteiger partial charge in [-0.15, -0.1) is 12.4 Å². The van der Waals surface area contributed by atoms with Gasteiger partial charge in [0.2, 0.25) is 5.91 Å². The highest BCUT2D eigenvalue weighted by Crippen LogP contribution is 2.18. The number of nitrogens with zero attached hydrogens (tertiary/aromatic N) is 1. The van der Waals surface area contributed by atoms with Crippen molar-refractivity contribution in [2.45, 2.75) is 38.5 Å². The lowest BCUT2D eigenvalue weighted by Crippen LogP contribution is -2.34. The molecule has 1 aromatic carbocycles. The van der Waals surface area contributed by atoms with Gasteiger partial charge in [0.15, 0.2) is 0 Å². The summed E-state index contributed by atoms with van der Waals surface area (Å²) in [5, 5.41) is 6.24. The van der Waals surface area contributed by atoms with Gasteiger partial charge in [0.1, 0.15) is 0 Å². The molecule has 25 heavy (non-hydrogen) atoms. The van der Waals surface area contributed by atoms with Crippen LogP contribution in [-0.2, 0) is 4.79 Å². The number of rotatable bonds is 3. The number of anilines is 1. The van der Waals surface area contributed by atoms with Crippen molar-refractivity contribution in [2.75, 3.05) is 31.5 Å². The summed E-state index contributed by atoms with van der Waals surface area (Å²) in [4.78, 5) is 26.8. The Morgan fingerprint density at radius 2 is 1.56 bits per heavy atom. The van der Waals surface area contributed by atoms with E-state index in [0.717, 1.165) is 57.5 Å². The van der Waals surface area contributed by atoms with E-state index in [-0.39, 0.29) is 30.1 Å². The first-order chi connectivity index (χ1) is 11.7. The normalized spacial score (nSPS) is 18.8. The summed E-state index contributed by atoms with van der Waals surface area (Å²) >= 11 is 0. The van der Waals surface area contributed by atoms with Gasteiger partial charge in [0.05, 0.1) is 0 Å². The zero-order valence-corrected chi connectivity index (χ0v) is 15.4. The predicted molar refractivity (Wildman–Crippen MR) is 102 cm³/mol. The Hall–Kier alpha value is -1.59. The van der Waals surface area contributed by atoms with Gasteiger partial charge in [0.25, 0.3) is 5.91 Å². The molecule has 138 valence electrons. The zero-order chi connectivity index (χ0) is 16.8. The van der Waals surface area contributed by atoms with Gasteiger partial charge in [-0.3, -0.25) is 9.59 Å². The van der Waals surface area contributed by atoms with E-state index in [1.807, 2.05) is 29.2 Å². The largest absolute Gasteiger partial charge is 0.339 e. The quantitative estimate of drug-likeness (QED) is 0.865. The number of likely N-dealkylation sites (tertiary alicyclic amines) is 1. The van der Waals surface area contributed by atoms with E-state index in [4.69, 9.17) is 0 Å². The zero-order valence-electron chi connectivity index (χ0n) is 14.6. The van der Waals surface area contributed by atoms with Crippen LogP contribution in [0.1, 0.15) is 48.9 Å². The molecule has 0 saturated carbocycles. The van der Waals surface area contributed by atoms with E-state index < -0.39 is 0 Å². The number of piperidine rings is 1. The van der Waals surface area contributed by atoms with Gasteiger partial charge < -0.3 is 15.5 Å². The molecule has 2 fully saturated rings. The van der Waals surface area contributed by atoms with Crippen molar-refractivity contribution in [3.63, 3.8) is 0 Å². The summed E-state index contributed by atoms with van der Waals surface area (Å²) in [6.07, 6.45) is 6.39. The Labute approximate surface area is 155 Å². The van der Waals surface area contributed by atoms with Crippen LogP contribution < -0.4 is 10.6 Å². The minimum atomic E-state index is 0. The molecule has 2 N–H and O–H groups in total. The number of benzene rings is 1. The third kappa shape index (κ3) is 5.44. The molecule has 1 aromatic rings. The van der Waals surface area contributed by atoms with Gasteiger partial charge in [-0.25, -0.2) is 0 Å². The van der Waals surface area contributed by atoms with E-state index in [9.17, 15) is 9.59 Å². The monoisotopic (exact) mass is 365 g/mol. The second-order valence-corrected chi connectivity index (χ2v) is 6.80. The number of carbonyl (C=O) groups is 2. The average molecular weight is 366 g/mol. The first-order valence-electron chi connectivity index (χ1n) is 9.15. The maximum absolute atomic E-state index is 12.6. The molecule has 0 atom stereocenters. The molecule has 5 nitrogen and oxygen atoms in total. The molecule has 2 aliphatic heterocycles. The second kappa shape index (κ2) is 9.78. The first-order valence-corrected chi connectivity index (χ1v) is 9.15. The number of nitrogens with one attached hydrogen (secondary N) is 2. The Balaban J connectivity index is 0.00000225. The van der Waals surface area contributed by atoms with Crippen LogP contribution in [0.15, 0.2) is 24.3 Å². The molecule has 2 saturated heterocycles. The summed E-state index contributed by atoms with van der Waals surface area (Å²) in [5.41, 5.74) is 1.47. The van der Waals surface area contributed by atoms with Crippen LogP contribution in [0.2, 0.25) is 0 Å². The smallest absolute Gasteiger partial charge is 0.253 e. The summed E-state index contributed by atoms with van der Waals surface area (Å²) < 4.78 is 0. The van der Waals surface area contributed by atoms with Crippen LogP contribution in [0.3, 0.4) is 0 Å². The minimum absolute atomic E-state index is 0. The lowest BCUT2D eigenvalue weighted by molar-refractivity contribution is -0.120. The first kappa shape index (κ1) is 19.7. The molecule has 3 rings (SSSR count). The summed E-state index contributed by atoms with van der Waals surface area (Å²) in [5.74, 6) is 0.279. The third-order valence-electron chi connectivity index (χ3n) is 5.00. The van der Waals surface area contributed by atoms with Gasteiger partial charge in [-0.2, -0.15) is 0 Å². The highest BCUT2D eigenvalue weighted by molar-refractivity contribution is 5.96. The summed E-state index contributed by atoms with van der Waals surface area (Å²) in [6.45, 7) is 3.52. The number of amides is 2. The lowest BCUT2D eigenvalue weighted by atomic mass is 9.97. The molecule has 6 heteroatoms. The van der Waals surface area contributed by atoms with Crippen molar-refractivity contribution in [1.82, 2.24) is 10.2 Å². The highest BCUT2D eigenvalue weighted by Gasteiger charge is 2.21. The van der Waals surface area contributed by atoms with Crippen molar-refractivity contribution in [3.05, 3.63) is 29.8 Å². The molecule has 2 aliphatic rings. The van der Waals surface area contributed by atoms with E-state index in [2.05, 4.69) is 10.6 Å². The van der Waals surface area contributed by atoms with Crippen molar-refractivity contribution < 1.29 is 9.59 Å². The van der Waals surface area contributed by atoms with E-state index in [0.29, 0.717) is 5.56 Å². The fourth-order valence-corrected chi connectivity index (χ4v) is 3.48. The van der Waals surface area contributed by atoms with E-state index >= 15 is 0 Å². The van der Waals surface area contributed by atoms with Crippen LogP contribution in [-0.4, -0.2) is 42.9 Å². The lowest BCUT2D eigenvalue weighted by Gasteiger charge is -2.22. The molecule has 0 bridgehead atoms. The Bertz CT molecular complexity index is 563. The SMILES string of the molecule is Cl.O=C(Nc1ccc(C(=O)N2CCCCCC2)cc1)C1CCNCC1. The van der Waals surface area contributed by atoms with Gasteiger partial charge in [0, 0.05) is 30.3 Å². The van der Waals surface area contributed by atoms with Gasteiger partial charge in [-0.05, 0) is 63.0 Å². The molecule has 0 spiro atoms. The average Bonchev–Trinajstić information content (AvgIpc) is 2.92. The maximum Gasteiger partial charge on any atom is 0.253 e. The molecular formula is C19H28ClN3O2. The molecule has 0 aromatic heterocycles. The fourth-order valence-electron chi connectivity index (χ4n) is 3.48. The van der Waals surface area contributed by atoms with Crippen molar-refractivity contribution >= 4 is 29.9 Å². The van der Waals surface area contributed by atoms with Crippen molar-refractivity contribution in [1.29, 1.82) is 0 Å². The Morgan fingerprint density at radius 1 is 0.960 bits per heavy atom. The van der Waals surface area contributed by atoms with E-state index in [1.54, 1.807) is 0 Å². The standard InChI is InChI=1S/C19H27N3O2.ClH/c23-18(15-9-11-20-12-10-15)21-17-7-5-16(6-8-17)19(24)22-13-3-1-2-4-14-22;/h5-8,15,20H,1-4,9-14H2,(H,21,23);1H.